The molecule has 1 rings (SSSR count). The molecule has 0 unspecified atom stereocenters. The number of nitriles is 1. The Labute approximate surface area is 103 Å². The molecule has 0 fully saturated rings. The first-order chi connectivity index (χ1) is 7.10. The summed E-state index contributed by atoms with van der Waals surface area (Å²) in [5, 5.41) is 8.95. The van der Waals surface area contributed by atoms with Gasteiger partial charge in [0.05, 0.1) is 23.9 Å². The van der Waals surface area contributed by atoms with Crippen LogP contribution in [0.25, 0.3) is 0 Å². The van der Waals surface area contributed by atoms with E-state index in [1.54, 1.807) is 0 Å². The van der Waals surface area contributed by atoms with E-state index in [0.29, 0.717) is 15.5 Å². The fourth-order valence-electron chi connectivity index (χ4n) is 1.08. The largest absolute Gasteiger partial charge is 0.265 e. The summed E-state index contributed by atoms with van der Waals surface area (Å²) in [6.07, 6.45) is -2.71. The van der Waals surface area contributed by atoms with Gasteiger partial charge in [0.2, 0.25) is 0 Å². The lowest BCUT2D eigenvalue weighted by Crippen LogP contribution is -2.01. The van der Waals surface area contributed by atoms with Crippen molar-refractivity contribution < 1.29 is 8.78 Å². The van der Waals surface area contributed by atoms with E-state index in [2.05, 4.69) is 36.8 Å². The zero-order chi connectivity index (χ0) is 11.4. The molecule has 0 amide bonds. The van der Waals surface area contributed by atoms with Crippen LogP contribution in [-0.2, 0) is 11.8 Å². The van der Waals surface area contributed by atoms with Gasteiger partial charge in [-0.15, -0.1) is 0 Å². The van der Waals surface area contributed by atoms with E-state index in [1.165, 1.54) is 6.07 Å². The molecule has 15 heavy (non-hydrogen) atoms. The molecule has 0 spiro atoms. The first kappa shape index (κ1) is 12.5. The number of pyridine rings is 1. The summed E-state index contributed by atoms with van der Waals surface area (Å²) >= 11 is 6.34. The first-order valence-corrected chi connectivity index (χ1v) is 5.90. The van der Waals surface area contributed by atoms with E-state index in [9.17, 15) is 8.78 Å². The smallest absolute Gasteiger partial charge is 0.254 e. The Balaban J connectivity index is 3.26. The summed E-state index contributed by atoms with van der Waals surface area (Å²) in [4.78, 5) is 4.01. The Morgan fingerprint density at radius 1 is 1.47 bits per heavy atom. The van der Waals surface area contributed by atoms with Crippen LogP contribution in [0.1, 0.15) is 23.4 Å². The fourth-order valence-corrected chi connectivity index (χ4v) is 2.36. The molecule has 0 aliphatic carbocycles. The SMILES string of the molecule is N#CCc1nc(CBr)c(Br)cc1C(F)F. The Morgan fingerprint density at radius 2 is 2.13 bits per heavy atom. The fraction of sp³-hybridized carbons (Fsp3) is 0.333. The lowest BCUT2D eigenvalue weighted by molar-refractivity contribution is 0.149. The Hall–Kier alpha value is -0.540. The minimum absolute atomic E-state index is 0.104. The van der Waals surface area contributed by atoms with Gasteiger partial charge in [0, 0.05) is 15.4 Å². The molecule has 1 aromatic heterocycles. The van der Waals surface area contributed by atoms with Gasteiger partial charge >= 0.3 is 0 Å². The van der Waals surface area contributed by atoms with Crippen LogP contribution in [0.4, 0.5) is 8.78 Å². The van der Waals surface area contributed by atoms with Crippen LogP contribution < -0.4 is 0 Å². The number of alkyl halides is 3. The highest BCUT2D eigenvalue weighted by molar-refractivity contribution is 9.10. The molecule has 2 nitrogen and oxygen atoms in total. The molecule has 0 saturated carbocycles. The lowest BCUT2D eigenvalue weighted by Gasteiger charge is -2.08. The maximum atomic E-state index is 12.6. The second-order valence-electron chi connectivity index (χ2n) is 2.72. The molecule has 1 aromatic rings. The average molecular weight is 340 g/mol. The Bertz CT molecular complexity index is 402. The molecular formula is C9H6Br2F2N2. The van der Waals surface area contributed by atoms with Crippen LogP contribution in [0.15, 0.2) is 10.5 Å². The van der Waals surface area contributed by atoms with Crippen molar-refractivity contribution in [3.8, 4) is 6.07 Å². The van der Waals surface area contributed by atoms with Gasteiger partial charge in [0.1, 0.15) is 0 Å². The third-order valence-electron chi connectivity index (χ3n) is 1.77. The molecule has 0 aliphatic heterocycles. The van der Waals surface area contributed by atoms with Crippen LogP contribution in [0.5, 0.6) is 0 Å². The number of hydrogen-bond donors (Lipinski definition) is 0. The zero-order valence-electron chi connectivity index (χ0n) is 7.48. The standard InChI is InChI=1S/C9H6Br2F2N2/c10-4-8-6(11)3-5(9(12)13)7(15-8)1-2-14/h3,9H,1,4H2. The number of aromatic nitrogens is 1. The van der Waals surface area contributed by atoms with Crippen LogP contribution in [0, 0.1) is 11.3 Å². The molecule has 6 heteroatoms. The summed E-state index contributed by atoms with van der Waals surface area (Å²) in [6.45, 7) is 0. The van der Waals surface area contributed by atoms with Gasteiger partial charge in [-0.2, -0.15) is 5.26 Å². The van der Waals surface area contributed by atoms with Crippen molar-refractivity contribution in [2.24, 2.45) is 0 Å². The van der Waals surface area contributed by atoms with Gasteiger partial charge in [-0.3, -0.25) is 4.98 Å². The predicted octanol–water partition coefficient (Wildman–Crippen LogP) is 3.74. The van der Waals surface area contributed by atoms with Crippen molar-refractivity contribution in [3.05, 3.63) is 27.5 Å². The van der Waals surface area contributed by atoms with Crippen molar-refractivity contribution in [2.45, 2.75) is 18.2 Å². The molecular weight excluding hydrogens is 334 g/mol. The lowest BCUT2D eigenvalue weighted by atomic mass is 10.1. The van der Waals surface area contributed by atoms with Crippen LogP contribution in [0.2, 0.25) is 0 Å². The van der Waals surface area contributed by atoms with E-state index in [4.69, 9.17) is 5.26 Å². The molecule has 0 bridgehead atoms. The first-order valence-electron chi connectivity index (χ1n) is 3.99. The number of nitrogens with zero attached hydrogens (tertiary/aromatic N) is 2. The molecule has 0 radical (unpaired) electrons. The second-order valence-corrected chi connectivity index (χ2v) is 4.14. The quantitative estimate of drug-likeness (QED) is 0.786. The molecule has 1 heterocycles. The third kappa shape index (κ3) is 2.95. The predicted molar refractivity (Wildman–Crippen MR) is 58.8 cm³/mol. The van der Waals surface area contributed by atoms with Crippen LogP contribution >= 0.6 is 31.9 Å². The highest BCUT2D eigenvalue weighted by Crippen LogP contribution is 2.28. The number of halogens is 4. The maximum Gasteiger partial charge on any atom is 0.265 e. The topological polar surface area (TPSA) is 36.7 Å². The van der Waals surface area contributed by atoms with Crippen LogP contribution in [-0.4, -0.2) is 4.98 Å². The summed E-state index contributed by atoms with van der Waals surface area (Å²) < 4.78 is 25.7. The van der Waals surface area contributed by atoms with Gasteiger partial charge in [-0.1, -0.05) is 15.9 Å². The Morgan fingerprint density at radius 3 is 2.60 bits per heavy atom. The van der Waals surface area contributed by atoms with Gasteiger partial charge < -0.3 is 0 Å². The number of rotatable bonds is 3. The molecule has 0 saturated heterocycles. The normalized spacial score (nSPS) is 10.4. The van der Waals surface area contributed by atoms with Gasteiger partial charge in [-0.05, 0) is 22.0 Å². The highest BCUT2D eigenvalue weighted by atomic mass is 79.9. The van der Waals surface area contributed by atoms with E-state index in [1.807, 2.05) is 6.07 Å². The molecule has 80 valence electrons. The maximum absolute atomic E-state index is 12.6. The zero-order valence-corrected chi connectivity index (χ0v) is 10.6. The summed E-state index contributed by atoms with van der Waals surface area (Å²) in [5.74, 6) is 0. The molecule has 0 N–H and O–H groups in total. The average Bonchev–Trinajstić information content (AvgIpc) is 2.20. The third-order valence-corrected chi connectivity index (χ3v) is 2.99. The summed E-state index contributed by atoms with van der Waals surface area (Å²) in [7, 11) is 0. The molecule has 0 atom stereocenters. The number of hydrogen-bond acceptors (Lipinski definition) is 2. The second kappa shape index (κ2) is 5.52. The van der Waals surface area contributed by atoms with Gasteiger partial charge in [-0.25, -0.2) is 8.78 Å². The Kier molecular flexibility index (Phi) is 4.61. The highest BCUT2D eigenvalue weighted by Gasteiger charge is 2.16. The van der Waals surface area contributed by atoms with Gasteiger partial charge in [0.25, 0.3) is 6.43 Å². The van der Waals surface area contributed by atoms with Crippen LogP contribution in [0.3, 0.4) is 0 Å². The van der Waals surface area contributed by atoms with E-state index >= 15 is 0 Å². The van der Waals surface area contributed by atoms with Gasteiger partial charge in [0.15, 0.2) is 0 Å². The van der Waals surface area contributed by atoms with Crippen molar-refractivity contribution >= 4 is 31.9 Å². The van der Waals surface area contributed by atoms with E-state index in [0.717, 1.165) is 0 Å². The monoisotopic (exact) mass is 338 g/mol. The van der Waals surface area contributed by atoms with Crippen molar-refractivity contribution in [1.82, 2.24) is 4.98 Å². The van der Waals surface area contributed by atoms with E-state index < -0.39 is 6.43 Å². The minimum Gasteiger partial charge on any atom is -0.254 e. The van der Waals surface area contributed by atoms with E-state index in [-0.39, 0.29) is 17.7 Å². The van der Waals surface area contributed by atoms with Crippen molar-refractivity contribution in [3.63, 3.8) is 0 Å². The van der Waals surface area contributed by atoms with Crippen molar-refractivity contribution in [2.75, 3.05) is 0 Å². The molecule has 0 aromatic carbocycles. The molecule has 0 aliphatic rings. The van der Waals surface area contributed by atoms with Crippen molar-refractivity contribution in [1.29, 1.82) is 5.26 Å². The summed E-state index contributed by atoms with van der Waals surface area (Å²) in [6, 6.07) is 3.14. The summed E-state index contributed by atoms with van der Waals surface area (Å²) in [5.41, 5.74) is 0.572. The minimum atomic E-state index is -2.61.